The highest BCUT2D eigenvalue weighted by Gasteiger charge is 2.15. The van der Waals surface area contributed by atoms with Crippen molar-refractivity contribution in [3.63, 3.8) is 0 Å². The normalized spacial score (nSPS) is 11.4. The van der Waals surface area contributed by atoms with Crippen LogP contribution in [-0.4, -0.2) is 4.57 Å². The van der Waals surface area contributed by atoms with Gasteiger partial charge < -0.3 is 9.47 Å². The maximum atomic E-state index is 3.82. The molecule has 1 aromatic heterocycles. The van der Waals surface area contributed by atoms with Crippen molar-refractivity contribution in [1.82, 2.24) is 4.57 Å². The maximum absolute atomic E-state index is 3.82. The molecule has 0 spiro atoms. The molecule has 0 amide bonds. The number of aromatic nitrogens is 1. The van der Waals surface area contributed by atoms with Crippen molar-refractivity contribution in [2.45, 2.75) is 6.92 Å². The van der Waals surface area contributed by atoms with Crippen LogP contribution in [0.4, 0.5) is 17.1 Å². The van der Waals surface area contributed by atoms with Gasteiger partial charge in [0.2, 0.25) is 0 Å². The highest BCUT2D eigenvalue weighted by atomic mass is 15.1. The molecule has 0 saturated carbocycles. The lowest BCUT2D eigenvalue weighted by molar-refractivity contribution is 1.18. The summed E-state index contributed by atoms with van der Waals surface area (Å²) in [4.78, 5) is 2.32. The lowest BCUT2D eigenvalue weighted by Gasteiger charge is -2.26. The number of allylic oxidation sites excluding steroid dienone is 2. The monoisotopic (exact) mass is 704 g/mol. The van der Waals surface area contributed by atoms with Crippen molar-refractivity contribution >= 4 is 44.9 Å². The summed E-state index contributed by atoms with van der Waals surface area (Å²) in [6, 6.07) is 70.1. The third-order valence-electron chi connectivity index (χ3n) is 10.5. The van der Waals surface area contributed by atoms with Crippen molar-refractivity contribution < 1.29 is 0 Å². The first-order chi connectivity index (χ1) is 27.1. The molecular weight excluding hydrogens is 665 g/mol. The first kappa shape index (κ1) is 33.7. The molecule has 0 saturated heterocycles. The summed E-state index contributed by atoms with van der Waals surface area (Å²) in [6.45, 7) is 5.96. The Bertz CT molecular complexity index is 2790. The molecule has 8 aromatic carbocycles. The van der Waals surface area contributed by atoms with Crippen LogP contribution in [0.5, 0.6) is 0 Å². The predicted molar refractivity (Wildman–Crippen MR) is 236 cm³/mol. The number of para-hydroxylation sites is 3. The molecule has 0 atom stereocenters. The molecule has 0 radical (unpaired) electrons. The topological polar surface area (TPSA) is 8.17 Å². The van der Waals surface area contributed by atoms with Crippen molar-refractivity contribution in [2.24, 2.45) is 0 Å². The summed E-state index contributed by atoms with van der Waals surface area (Å²) >= 11 is 0. The van der Waals surface area contributed by atoms with Gasteiger partial charge in [-0.3, -0.25) is 0 Å². The molecule has 9 aromatic rings. The molecule has 262 valence electrons. The molecule has 0 aliphatic rings. The summed E-state index contributed by atoms with van der Waals surface area (Å²) in [6.07, 6.45) is 5.92. The second-order valence-corrected chi connectivity index (χ2v) is 13.9. The number of hydrogen-bond donors (Lipinski definition) is 0. The van der Waals surface area contributed by atoms with E-state index >= 15 is 0 Å². The van der Waals surface area contributed by atoms with E-state index in [2.05, 4.69) is 223 Å². The van der Waals surface area contributed by atoms with Gasteiger partial charge in [0.1, 0.15) is 0 Å². The molecule has 0 bridgehead atoms. The molecule has 0 N–H and O–H groups in total. The summed E-state index contributed by atoms with van der Waals surface area (Å²) in [5, 5.41) is 2.51. The standard InChI is InChI=1S/C53H40N2/c1-3-4-13-43-36-44(21-20-38(43)2)41-24-22-39(23-25-41)40-26-31-48(32-27-40)54(46-14-7-5-8-15-46)49-33-28-42(29-34-49)45-30-35-53-51(37-45)50-18-11-12-19-52(50)55(53)47-16-9-6-10-17-47/h3-37H,1H2,2H3/b13-4-. The fourth-order valence-corrected chi connectivity index (χ4v) is 7.66. The number of fused-ring (bicyclic) bond motifs is 3. The van der Waals surface area contributed by atoms with Gasteiger partial charge in [-0.1, -0.05) is 146 Å². The van der Waals surface area contributed by atoms with Crippen LogP contribution in [0.1, 0.15) is 11.1 Å². The van der Waals surface area contributed by atoms with E-state index in [0.29, 0.717) is 0 Å². The summed E-state index contributed by atoms with van der Waals surface area (Å²) in [7, 11) is 0. The van der Waals surface area contributed by atoms with Gasteiger partial charge in [0.15, 0.2) is 0 Å². The van der Waals surface area contributed by atoms with Gasteiger partial charge in [0, 0.05) is 33.5 Å². The molecule has 2 heteroatoms. The van der Waals surface area contributed by atoms with Gasteiger partial charge in [-0.15, -0.1) is 0 Å². The largest absolute Gasteiger partial charge is 0.311 e. The first-order valence-electron chi connectivity index (χ1n) is 18.8. The van der Waals surface area contributed by atoms with Gasteiger partial charge in [-0.05, 0) is 124 Å². The van der Waals surface area contributed by atoms with Gasteiger partial charge in [0.05, 0.1) is 11.0 Å². The average molecular weight is 705 g/mol. The number of rotatable bonds is 9. The predicted octanol–water partition coefficient (Wildman–Crippen LogP) is 14.8. The minimum atomic E-state index is 1.11. The van der Waals surface area contributed by atoms with E-state index in [4.69, 9.17) is 0 Å². The van der Waals surface area contributed by atoms with Crippen LogP contribution in [0.25, 0.3) is 66.9 Å². The maximum Gasteiger partial charge on any atom is 0.0541 e. The van der Waals surface area contributed by atoms with Crippen LogP contribution in [0.2, 0.25) is 0 Å². The van der Waals surface area contributed by atoms with Crippen LogP contribution < -0.4 is 4.90 Å². The zero-order valence-corrected chi connectivity index (χ0v) is 30.8. The fraction of sp³-hybridized carbons (Fsp3) is 0.0189. The van der Waals surface area contributed by atoms with E-state index in [0.717, 1.165) is 17.1 Å². The van der Waals surface area contributed by atoms with Crippen LogP contribution in [0, 0.1) is 6.92 Å². The van der Waals surface area contributed by atoms with Gasteiger partial charge in [-0.2, -0.15) is 0 Å². The molecule has 0 unspecified atom stereocenters. The van der Waals surface area contributed by atoms with Crippen molar-refractivity contribution in [3.05, 3.63) is 224 Å². The van der Waals surface area contributed by atoms with Crippen LogP contribution in [0.3, 0.4) is 0 Å². The minimum absolute atomic E-state index is 1.11. The van der Waals surface area contributed by atoms with Crippen molar-refractivity contribution in [2.75, 3.05) is 4.90 Å². The van der Waals surface area contributed by atoms with Crippen LogP contribution in [0.15, 0.2) is 213 Å². The Hall–Kier alpha value is -7.16. The average Bonchev–Trinajstić information content (AvgIpc) is 3.58. The third-order valence-corrected chi connectivity index (χ3v) is 10.5. The van der Waals surface area contributed by atoms with Crippen LogP contribution in [-0.2, 0) is 0 Å². The molecule has 55 heavy (non-hydrogen) atoms. The Morgan fingerprint density at radius 1 is 0.436 bits per heavy atom. The highest BCUT2D eigenvalue weighted by molar-refractivity contribution is 6.10. The van der Waals surface area contributed by atoms with E-state index in [1.807, 2.05) is 12.2 Å². The Labute approximate surface area is 323 Å². The third kappa shape index (κ3) is 6.56. The second kappa shape index (κ2) is 14.7. The molecule has 0 fully saturated rings. The van der Waals surface area contributed by atoms with E-state index in [1.165, 1.54) is 72.0 Å². The Morgan fingerprint density at radius 3 is 1.55 bits per heavy atom. The van der Waals surface area contributed by atoms with E-state index < -0.39 is 0 Å². The number of aryl methyl sites for hydroxylation is 1. The Morgan fingerprint density at radius 2 is 0.909 bits per heavy atom. The minimum Gasteiger partial charge on any atom is -0.311 e. The lowest BCUT2D eigenvalue weighted by Crippen LogP contribution is -2.09. The van der Waals surface area contributed by atoms with Gasteiger partial charge in [-0.25, -0.2) is 0 Å². The number of anilines is 3. The molecule has 0 aliphatic carbocycles. The number of benzene rings is 8. The summed E-state index contributed by atoms with van der Waals surface area (Å²) in [5.41, 5.74) is 16.5. The smallest absolute Gasteiger partial charge is 0.0541 e. The quantitative estimate of drug-likeness (QED) is 0.136. The van der Waals surface area contributed by atoms with E-state index in [-0.39, 0.29) is 0 Å². The van der Waals surface area contributed by atoms with Crippen LogP contribution >= 0.6 is 0 Å². The molecule has 1 heterocycles. The Kier molecular flexibility index (Phi) is 8.99. The second-order valence-electron chi connectivity index (χ2n) is 13.9. The zero-order valence-electron chi connectivity index (χ0n) is 30.8. The lowest BCUT2D eigenvalue weighted by atomic mass is 9.97. The molecule has 2 nitrogen and oxygen atoms in total. The highest BCUT2D eigenvalue weighted by Crippen LogP contribution is 2.39. The van der Waals surface area contributed by atoms with Crippen molar-refractivity contribution in [1.29, 1.82) is 0 Å². The van der Waals surface area contributed by atoms with Crippen molar-refractivity contribution in [3.8, 4) is 39.1 Å². The molecule has 0 aliphatic heterocycles. The first-order valence-corrected chi connectivity index (χ1v) is 18.8. The summed E-state index contributed by atoms with van der Waals surface area (Å²) < 4.78 is 2.36. The van der Waals surface area contributed by atoms with E-state index in [9.17, 15) is 0 Å². The molecule has 9 rings (SSSR count). The summed E-state index contributed by atoms with van der Waals surface area (Å²) in [5.74, 6) is 0. The van der Waals surface area contributed by atoms with Gasteiger partial charge in [0.25, 0.3) is 0 Å². The molecular formula is C53H40N2. The number of hydrogen-bond acceptors (Lipinski definition) is 1. The fourth-order valence-electron chi connectivity index (χ4n) is 7.66. The number of nitrogens with zero attached hydrogens (tertiary/aromatic N) is 2. The van der Waals surface area contributed by atoms with Gasteiger partial charge >= 0.3 is 0 Å². The zero-order chi connectivity index (χ0) is 37.1. The Balaban J connectivity index is 1.01. The van der Waals surface area contributed by atoms with E-state index in [1.54, 1.807) is 0 Å². The SMILES string of the molecule is C=C/C=C\c1cc(-c2ccc(-c3ccc(N(c4ccccc4)c4ccc(-c5ccc6c(c5)c5ccccc5n6-c5ccccc5)cc4)cc3)cc2)ccc1C.